The predicted molar refractivity (Wildman–Crippen MR) is 106 cm³/mol. The molecule has 0 aliphatic carbocycles. The molecule has 4 rings (SSSR count). The van der Waals surface area contributed by atoms with E-state index in [2.05, 4.69) is 15.3 Å². The SMILES string of the molecule is O=C1NC(=O)C(CC(=O)N2CCC(c3nc(-c4ccsc4)cc(=O)[nH]3)CC2)S1. The van der Waals surface area contributed by atoms with Crippen LogP contribution in [-0.2, 0) is 9.59 Å². The van der Waals surface area contributed by atoms with Crippen LogP contribution < -0.4 is 10.9 Å². The second-order valence-electron chi connectivity index (χ2n) is 6.77. The van der Waals surface area contributed by atoms with Crippen LogP contribution in [0.2, 0.25) is 0 Å². The number of aromatic nitrogens is 2. The molecule has 0 saturated carbocycles. The van der Waals surface area contributed by atoms with Crippen molar-refractivity contribution in [3.63, 3.8) is 0 Å². The summed E-state index contributed by atoms with van der Waals surface area (Å²) in [5.41, 5.74) is 1.40. The summed E-state index contributed by atoms with van der Waals surface area (Å²) in [5.74, 6) is 0.192. The highest BCUT2D eigenvalue weighted by Crippen LogP contribution is 2.29. The molecule has 10 heteroatoms. The molecule has 0 bridgehead atoms. The molecule has 0 radical (unpaired) electrons. The van der Waals surface area contributed by atoms with Gasteiger partial charge in [0, 0.05) is 42.4 Å². The van der Waals surface area contributed by atoms with Gasteiger partial charge in [-0.2, -0.15) is 11.3 Å². The zero-order valence-corrected chi connectivity index (χ0v) is 16.5. The van der Waals surface area contributed by atoms with E-state index >= 15 is 0 Å². The zero-order valence-electron chi connectivity index (χ0n) is 14.8. The normalized spacial score (nSPS) is 20.4. The van der Waals surface area contributed by atoms with E-state index in [1.165, 1.54) is 6.07 Å². The van der Waals surface area contributed by atoms with Crippen LogP contribution >= 0.6 is 23.1 Å². The van der Waals surface area contributed by atoms with E-state index in [0.29, 0.717) is 37.4 Å². The molecule has 2 N–H and O–H groups in total. The first-order valence-corrected chi connectivity index (χ1v) is 10.7. The average Bonchev–Trinajstić information content (AvgIpc) is 3.31. The summed E-state index contributed by atoms with van der Waals surface area (Å²) in [6, 6.07) is 3.43. The summed E-state index contributed by atoms with van der Waals surface area (Å²) in [4.78, 5) is 56.6. The summed E-state index contributed by atoms with van der Waals surface area (Å²) >= 11 is 2.42. The van der Waals surface area contributed by atoms with Crippen LogP contribution in [0, 0.1) is 0 Å². The molecule has 2 aromatic rings. The molecule has 2 aromatic heterocycles. The van der Waals surface area contributed by atoms with Gasteiger partial charge in [-0.1, -0.05) is 11.8 Å². The number of hydrogen-bond donors (Lipinski definition) is 2. The van der Waals surface area contributed by atoms with Crippen molar-refractivity contribution in [2.45, 2.75) is 30.4 Å². The maximum Gasteiger partial charge on any atom is 0.286 e. The van der Waals surface area contributed by atoms with Gasteiger partial charge in [-0.05, 0) is 24.3 Å². The van der Waals surface area contributed by atoms with Crippen molar-refractivity contribution in [1.29, 1.82) is 0 Å². The minimum atomic E-state index is -0.641. The number of nitrogens with zero attached hydrogens (tertiary/aromatic N) is 2. The van der Waals surface area contributed by atoms with Crippen LogP contribution in [0.15, 0.2) is 27.7 Å². The minimum Gasteiger partial charge on any atom is -0.343 e. The summed E-state index contributed by atoms with van der Waals surface area (Å²) in [6.07, 6.45) is 1.39. The highest BCUT2D eigenvalue weighted by Gasteiger charge is 2.35. The van der Waals surface area contributed by atoms with Crippen LogP contribution in [0.1, 0.15) is 31.0 Å². The quantitative estimate of drug-likeness (QED) is 0.785. The van der Waals surface area contributed by atoms with E-state index in [4.69, 9.17) is 0 Å². The summed E-state index contributed by atoms with van der Waals surface area (Å²) < 4.78 is 0. The Morgan fingerprint density at radius 2 is 2.04 bits per heavy atom. The smallest absolute Gasteiger partial charge is 0.286 e. The van der Waals surface area contributed by atoms with Crippen molar-refractivity contribution in [1.82, 2.24) is 20.2 Å². The number of carbonyl (C=O) groups excluding carboxylic acids is 3. The van der Waals surface area contributed by atoms with Crippen LogP contribution in [0.3, 0.4) is 0 Å². The number of aromatic amines is 1. The molecule has 0 spiro atoms. The van der Waals surface area contributed by atoms with Gasteiger partial charge in [0.05, 0.1) is 5.69 Å². The molecule has 28 heavy (non-hydrogen) atoms. The number of nitrogens with one attached hydrogen (secondary N) is 2. The Hall–Kier alpha value is -2.46. The Balaban J connectivity index is 1.39. The highest BCUT2D eigenvalue weighted by atomic mass is 32.2. The fourth-order valence-corrected chi connectivity index (χ4v) is 4.91. The third-order valence-corrected chi connectivity index (χ3v) is 6.60. The molecule has 1 atom stereocenters. The third kappa shape index (κ3) is 4.02. The second kappa shape index (κ2) is 7.88. The molecular formula is C18H18N4O4S2. The molecule has 0 aromatic carbocycles. The first-order valence-electron chi connectivity index (χ1n) is 8.92. The Labute approximate surface area is 168 Å². The van der Waals surface area contributed by atoms with Crippen molar-refractivity contribution in [3.05, 3.63) is 39.1 Å². The zero-order chi connectivity index (χ0) is 19.7. The molecule has 2 fully saturated rings. The standard InChI is InChI=1S/C18H18N4O4S2/c23-14-7-12(11-3-6-27-9-11)19-16(20-14)10-1-4-22(5-2-10)15(24)8-13-17(25)21-18(26)28-13/h3,6-7,9-10,13H,1-2,4-5,8H2,(H,19,20,23)(H,21,25,26). The van der Waals surface area contributed by atoms with Crippen LogP contribution in [-0.4, -0.2) is 50.3 Å². The molecule has 2 aliphatic rings. The highest BCUT2D eigenvalue weighted by molar-refractivity contribution is 8.15. The van der Waals surface area contributed by atoms with Gasteiger partial charge < -0.3 is 9.88 Å². The van der Waals surface area contributed by atoms with Gasteiger partial charge >= 0.3 is 0 Å². The summed E-state index contributed by atoms with van der Waals surface area (Å²) in [5, 5.41) is 5.05. The molecule has 8 nitrogen and oxygen atoms in total. The summed E-state index contributed by atoms with van der Waals surface area (Å²) in [7, 11) is 0. The monoisotopic (exact) mass is 418 g/mol. The maximum absolute atomic E-state index is 12.5. The third-order valence-electron chi connectivity index (χ3n) is 4.94. The lowest BCUT2D eigenvalue weighted by atomic mass is 9.95. The number of hydrogen-bond acceptors (Lipinski definition) is 7. The number of thioether (sulfide) groups is 1. The number of thiophene rings is 1. The minimum absolute atomic E-state index is 0.0234. The fraction of sp³-hybridized carbons (Fsp3) is 0.389. The number of likely N-dealkylation sites (tertiary alicyclic amines) is 1. The van der Waals surface area contributed by atoms with Gasteiger partial charge in [0.15, 0.2) is 0 Å². The number of piperidine rings is 1. The van der Waals surface area contributed by atoms with Gasteiger partial charge in [-0.25, -0.2) is 4.98 Å². The molecule has 2 saturated heterocycles. The van der Waals surface area contributed by atoms with Gasteiger partial charge in [-0.3, -0.25) is 24.5 Å². The molecule has 1 unspecified atom stereocenters. The van der Waals surface area contributed by atoms with E-state index < -0.39 is 16.4 Å². The van der Waals surface area contributed by atoms with Gasteiger partial charge in [0.25, 0.3) is 10.8 Å². The predicted octanol–water partition coefficient (Wildman–Crippen LogP) is 1.95. The number of carbonyl (C=O) groups is 3. The number of rotatable bonds is 4. The van der Waals surface area contributed by atoms with E-state index in [0.717, 1.165) is 17.3 Å². The molecule has 146 valence electrons. The Morgan fingerprint density at radius 1 is 1.25 bits per heavy atom. The molecule has 2 aliphatic heterocycles. The largest absolute Gasteiger partial charge is 0.343 e. The first-order chi connectivity index (χ1) is 13.5. The Kier molecular flexibility index (Phi) is 5.31. The number of amides is 3. The van der Waals surface area contributed by atoms with Crippen molar-refractivity contribution in [2.24, 2.45) is 0 Å². The lowest BCUT2D eigenvalue weighted by Gasteiger charge is -2.32. The lowest BCUT2D eigenvalue weighted by Crippen LogP contribution is -2.40. The van der Waals surface area contributed by atoms with Crippen LogP contribution in [0.25, 0.3) is 11.3 Å². The number of H-pyrrole nitrogens is 1. The van der Waals surface area contributed by atoms with Crippen LogP contribution in [0.5, 0.6) is 0 Å². The topological polar surface area (TPSA) is 112 Å². The van der Waals surface area contributed by atoms with E-state index in [1.54, 1.807) is 16.2 Å². The molecule has 4 heterocycles. The van der Waals surface area contributed by atoms with Gasteiger partial charge in [0.2, 0.25) is 11.8 Å². The van der Waals surface area contributed by atoms with E-state index in [1.807, 2.05) is 16.8 Å². The Morgan fingerprint density at radius 3 is 2.68 bits per heavy atom. The average molecular weight is 419 g/mol. The van der Waals surface area contributed by atoms with E-state index in [-0.39, 0.29) is 23.8 Å². The lowest BCUT2D eigenvalue weighted by molar-refractivity contribution is -0.133. The van der Waals surface area contributed by atoms with Crippen molar-refractivity contribution >= 4 is 40.2 Å². The van der Waals surface area contributed by atoms with Gasteiger partial charge in [-0.15, -0.1) is 0 Å². The van der Waals surface area contributed by atoms with Crippen molar-refractivity contribution in [3.8, 4) is 11.3 Å². The molecule has 3 amide bonds. The second-order valence-corrected chi connectivity index (χ2v) is 8.73. The van der Waals surface area contributed by atoms with E-state index in [9.17, 15) is 19.2 Å². The van der Waals surface area contributed by atoms with Gasteiger partial charge in [0.1, 0.15) is 11.1 Å². The maximum atomic E-state index is 12.5. The Bertz CT molecular complexity index is 964. The number of imide groups is 1. The summed E-state index contributed by atoms with van der Waals surface area (Å²) in [6.45, 7) is 1.06. The van der Waals surface area contributed by atoms with Crippen LogP contribution in [0.4, 0.5) is 4.79 Å². The van der Waals surface area contributed by atoms with Crippen molar-refractivity contribution < 1.29 is 14.4 Å². The molecular weight excluding hydrogens is 400 g/mol. The first kappa shape index (κ1) is 18.9. The van der Waals surface area contributed by atoms with Crippen molar-refractivity contribution in [2.75, 3.05) is 13.1 Å². The fourth-order valence-electron chi connectivity index (χ4n) is 3.45.